The summed E-state index contributed by atoms with van der Waals surface area (Å²) < 4.78 is 0. The molecule has 0 aromatic heterocycles. The zero-order chi connectivity index (χ0) is 11.0. The molecule has 0 fully saturated rings. The van der Waals surface area contributed by atoms with Gasteiger partial charge in [0.15, 0.2) is 5.78 Å². The first-order chi connectivity index (χ1) is 6.61. The molecule has 3 heteroatoms. The number of nitrogens with zero attached hydrogens (tertiary/aromatic N) is 2. The van der Waals surface area contributed by atoms with E-state index in [1.165, 1.54) is 12.2 Å². The molecule has 0 saturated heterocycles. The van der Waals surface area contributed by atoms with Gasteiger partial charge in [-0.25, -0.2) is 0 Å². The van der Waals surface area contributed by atoms with Crippen LogP contribution < -0.4 is 0 Å². The lowest BCUT2D eigenvalue weighted by atomic mass is 10.1. The predicted molar refractivity (Wildman–Crippen MR) is 60.5 cm³/mol. The summed E-state index contributed by atoms with van der Waals surface area (Å²) in [5.74, 6) is -0.0754. The third-order valence-electron chi connectivity index (χ3n) is 1.43. The molecule has 0 saturated carbocycles. The van der Waals surface area contributed by atoms with Gasteiger partial charge < -0.3 is 4.90 Å². The summed E-state index contributed by atoms with van der Waals surface area (Å²) in [5, 5.41) is 0. The summed E-state index contributed by atoms with van der Waals surface area (Å²) >= 11 is 0. The van der Waals surface area contributed by atoms with Crippen molar-refractivity contribution in [1.82, 2.24) is 4.90 Å². The molecule has 0 aliphatic rings. The monoisotopic (exact) mass is 192 g/mol. The molecule has 0 radical (unpaired) electrons. The van der Waals surface area contributed by atoms with Crippen LogP contribution in [0.25, 0.3) is 0 Å². The standard InChI is InChI=1S/C11H16N2O/c1-5-10(6-8-12-2)11(14)7-9-13(3)4/h5-9H,1H2,2-4H3/b9-7+,10-6+,12-8?. The van der Waals surface area contributed by atoms with E-state index in [-0.39, 0.29) is 5.78 Å². The minimum Gasteiger partial charge on any atom is -0.383 e. The Morgan fingerprint density at radius 3 is 2.50 bits per heavy atom. The van der Waals surface area contributed by atoms with Gasteiger partial charge in [-0.1, -0.05) is 12.7 Å². The largest absolute Gasteiger partial charge is 0.383 e. The number of allylic oxidation sites excluding steroid dienone is 4. The number of aliphatic imine (C=N–C) groups is 1. The lowest BCUT2D eigenvalue weighted by Gasteiger charge is -2.02. The fourth-order valence-electron chi connectivity index (χ4n) is 0.719. The van der Waals surface area contributed by atoms with Crippen molar-refractivity contribution in [2.45, 2.75) is 0 Å². The second-order valence-electron chi connectivity index (χ2n) is 2.88. The zero-order valence-electron chi connectivity index (χ0n) is 8.90. The van der Waals surface area contributed by atoms with E-state index >= 15 is 0 Å². The summed E-state index contributed by atoms with van der Waals surface area (Å²) in [6, 6.07) is 0. The van der Waals surface area contributed by atoms with E-state index in [0.29, 0.717) is 5.57 Å². The maximum atomic E-state index is 11.5. The average molecular weight is 192 g/mol. The van der Waals surface area contributed by atoms with E-state index in [1.54, 1.807) is 30.4 Å². The molecule has 76 valence electrons. The Morgan fingerprint density at radius 1 is 1.43 bits per heavy atom. The number of carbonyl (C=O) groups excluding carboxylic acids is 1. The summed E-state index contributed by atoms with van der Waals surface area (Å²) in [6.45, 7) is 3.56. The van der Waals surface area contributed by atoms with Gasteiger partial charge in [-0.3, -0.25) is 9.79 Å². The average Bonchev–Trinajstić information content (AvgIpc) is 2.16. The number of rotatable bonds is 5. The molecular weight excluding hydrogens is 176 g/mol. The van der Waals surface area contributed by atoms with Crippen LogP contribution in [0, 0.1) is 0 Å². The predicted octanol–water partition coefficient (Wildman–Crippen LogP) is 1.44. The van der Waals surface area contributed by atoms with Crippen molar-refractivity contribution >= 4 is 12.0 Å². The van der Waals surface area contributed by atoms with Crippen LogP contribution in [-0.2, 0) is 4.79 Å². The van der Waals surface area contributed by atoms with Gasteiger partial charge in [0.1, 0.15) is 0 Å². The van der Waals surface area contributed by atoms with Gasteiger partial charge in [-0.15, -0.1) is 0 Å². The molecule has 0 heterocycles. The van der Waals surface area contributed by atoms with Gasteiger partial charge in [0.2, 0.25) is 0 Å². The number of hydrogen-bond donors (Lipinski definition) is 0. The van der Waals surface area contributed by atoms with Crippen molar-refractivity contribution in [2.75, 3.05) is 21.1 Å². The molecule has 0 aliphatic carbocycles. The van der Waals surface area contributed by atoms with Crippen LogP contribution in [0.3, 0.4) is 0 Å². The summed E-state index contributed by atoms with van der Waals surface area (Å²) in [6.07, 6.45) is 7.91. The lowest BCUT2D eigenvalue weighted by molar-refractivity contribution is -0.111. The van der Waals surface area contributed by atoms with Crippen molar-refractivity contribution in [1.29, 1.82) is 0 Å². The van der Waals surface area contributed by atoms with Crippen molar-refractivity contribution in [3.05, 3.63) is 36.6 Å². The quantitative estimate of drug-likeness (QED) is 0.375. The Morgan fingerprint density at radius 2 is 2.07 bits per heavy atom. The molecular formula is C11H16N2O. The van der Waals surface area contributed by atoms with Gasteiger partial charge in [-0.05, 0) is 6.08 Å². The van der Waals surface area contributed by atoms with Crippen LogP contribution in [0.15, 0.2) is 41.6 Å². The first-order valence-electron chi connectivity index (χ1n) is 4.25. The van der Waals surface area contributed by atoms with Crippen LogP contribution >= 0.6 is 0 Å². The van der Waals surface area contributed by atoms with E-state index in [2.05, 4.69) is 11.6 Å². The minimum atomic E-state index is -0.0754. The minimum absolute atomic E-state index is 0.0754. The topological polar surface area (TPSA) is 32.7 Å². The molecule has 3 nitrogen and oxygen atoms in total. The second kappa shape index (κ2) is 6.83. The molecule has 0 aliphatic heterocycles. The molecule has 0 aromatic rings. The van der Waals surface area contributed by atoms with Gasteiger partial charge in [-0.2, -0.15) is 0 Å². The number of ketones is 1. The molecule has 0 spiro atoms. The van der Waals surface area contributed by atoms with Crippen LogP contribution in [0.4, 0.5) is 0 Å². The first kappa shape index (κ1) is 12.4. The summed E-state index contributed by atoms with van der Waals surface area (Å²) in [4.78, 5) is 17.0. The van der Waals surface area contributed by atoms with Crippen LogP contribution in [0.1, 0.15) is 0 Å². The second-order valence-corrected chi connectivity index (χ2v) is 2.88. The molecule has 0 unspecified atom stereocenters. The molecule has 0 atom stereocenters. The highest BCUT2D eigenvalue weighted by Crippen LogP contribution is 1.98. The molecule has 0 rings (SSSR count). The smallest absolute Gasteiger partial charge is 0.187 e. The van der Waals surface area contributed by atoms with Crippen molar-refractivity contribution in [3.8, 4) is 0 Å². The third-order valence-corrected chi connectivity index (χ3v) is 1.43. The lowest BCUT2D eigenvalue weighted by Crippen LogP contribution is -2.03. The van der Waals surface area contributed by atoms with E-state index < -0.39 is 0 Å². The van der Waals surface area contributed by atoms with Crippen LogP contribution in [0.2, 0.25) is 0 Å². The Hall–Kier alpha value is -1.64. The van der Waals surface area contributed by atoms with Crippen molar-refractivity contribution in [2.24, 2.45) is 4.99 Å². The highest BCUT2D eigenvalue weighted by Gasteiger charge is 1.99. The van der Waals surface area contributed by atoms with Gasteiger partial charge in [0.25, 0.3) is 0 Å². The summed E-state index contributed by atoms with van der Waals surface area (Å²) in [5.41, 5.74) is 0.536. The molecule has 0 N–H and O–H groups in total. The van der Waals surface area contributed by atoms with E-state index in [1.807, 2.05) is 14.1 Å². The van der Waals surface area contributed by atoms with E-state index in [9.17, 15) is 4.79 Å². The Kier molecular flexibility index (Phi) is 6.03. The van der Waals surface area contributed by atoms with E-state index in [4.69, 9.17) is 0 Å². The fourth-order valence-corrected chi connectivity index (χ4v) is 0.719. The fraction of sp³-hybridized carbons (Fsp3) is 0.273. The maximum Gasteiger partial charge on any atom is 0.187 e. The Bertz CT molecular complexity index is 286. The maximum absolute atomic E-state index is 11.5. The highest BCUT2D eigenvalue weighted by molar-refractivity contribution is 6.08. The molecule has 0 amide bonds. The Balaban J connectivity index is 4.55. The molecule has 14 heavy (non-hydrogen) atoms. The molecule has 0 bridgehead atoms. The number of hydrogen-bond acceptors (Lipinski definition) is 3. The summed E-state index contributed by atoms with van der Waals surface area (Å²) in [7, 11) is 5.36. The third kappa shape index (κ3) is 5.09. The number of carbonyl (C=O) groups is 1. The molecule has 0 aromatic carbocycles. The van der Waals surface area contributed by atoms with Crippen molar-refractivity contribution < 1.29 is 4.79 Å². The van der Waals surface area contributed by atoms with Gasteiger partial charge in [0.05, 0.1) is 0 Å². The first-order valence-corrected chi connectivity index (χ1v) is 4.25. The SMILES string of the molecule is C=C/C(=C\C=NC)C(=O)/C=C/N(C)C. The van der Waals surface area contributed by atoms with Crippen LogP contribution in [-0.4, -0.2) is 38.0 Å². The normalized spacial score (nSPS) is 12.4. The Labute approximate surface area is 85.1 Å². The van der Waals surface area contributed by atoms with Gasteiger partial charge >= 0.3 is 0 Å². The highest BCUT2D eigenvalue weighted by atomic mass is 16.1. The van der Waals surface area contributed by atoms with Crippen LogP contribution in [0.5, 0.6) is 0 Å². The van der Waals surface area contributed by atoms with E-state index in [0.717, 1.165) is 0 Å². The van der Waals surface area contributed by atoms with Crippen molar-refractivity contribution in [3.63, 3.8) is 0 Å². The van der Waals surface area contributed by atoms with Gasteiger partial charge in [0, 0.05) is 45.2 Å². The zero-order valence-corrected chi connectivity index (χ0v) is 8.90.